The van der Waals surface area contributed by atoms with E-state index in [4.69, 9.17) is 11.6 Å². The lowest BCUT2D eigenvalue weighted by Crippen LogP contribution is -2.17. The van der Waals surface area contributed by atoms with Crippen molar-refractivity contribution in [2.45, 2.75) is 39.4 Å². The first-order valence-electron chi connectivity index (χ1n) is 9.39. The van der Waals surface area contributed by atoms with Gasteiger partial charge >= 0.3 is 6.18 Å². The number of hydrogen-bond acceptors (Lipinski definition) is 3. The Labute approximate surface area is 181 Å². The summed E-state index contributed by atoms with van der Waals surface area (Å²) in [6.45, 7) is 4.37. The van der Waals surface area contributed by atoms with E-state index in [-0.39, 0.29) is 12.5 Å². The van der Waals surface area contributed by atoms with E-state index in [9.17, 15) is 18.0 Å². The number of rotatable bonds is 7. The highest BCUT2D eigenvalue weighted by atomic mass is 35.5. The van der Waals surface area contributed by atoms with Gasteiger partial charge in [-0.05, 0) is 48.1 Å². The number of alkyl halides is 3. The fraction of sp³-hybridized carbons (Fsp3) is 0.333. The average molecular weight is 456 g/mol. The van der Waals surface area contributed by atoms with E-state index in [2.05, 4.69) is 24.1 Å². The van der Waals surface area contributed by atoms with Crippen LogP contribution >= 0.6 is 22.9 Å². The summed E-state index contributed by atoms with van der Waals surface area (Å²) in [5.74, 6) is 0.107. The van der Waals surface area contributed by atoms with Gasteiger partial charge < -0.3 is 4.57 Å². The Kier molecular flexibility index (Phi) is 6.88. The van der Waals surface area contributed by atoms with Gasteiger partial charge in [0.1, 0.15) is 10.0 Å². The summed E-state index contributed by atoms with van der Waals surface area (Å²) in [4.78, 5) is 16.8. The molecule has 4 nitrogen and oxygen atoms in total. The number of amides is 1. The van der Waals surface area contributed by atoms with Crippen molar-refractivity contribution in [1.82, 2.24) is 9.55 Å². The number of anilines is 1. The highest BCUT2D eigenvalue weighted by Gasteiger charge is 2.30. The lowest BCUT2D eigenvalue weighted by molar-refractivity contribution is -0.137. The molecule has 160 valence electrons. The molecule has 0 spiro atoms. The topological polar surface area (TPSA) is 46.9 Å². The van der Waals surface area contributed by atoms with Crippen molar-refractivity contribution >= 4 is 34.0 Å². The number of nitrogens with zero attached hydrogens (tertiary/aromatic N) is 2. The van der Waals surface area contributed by atoms with Gasteiger partial charge in [0.15, 0.2) is 5.13 Å². The van der Waals surface area contributed by atoms with E-state index in [1.54, 1.807) is 16.7 Å². The van der Waals surface area contributed by atoms with Gasteiger partial charge in [0.05, 0.1) is 11.8 Å². The van der Waals surface area contributed by atoms with E-state index >= 15 is 0 Å². The third-order valence-corrected chi connectivity index (χ3v) is 5.53. The van der Waals surface area contributed by atoms with E-state index in [1.807, 2.05) is 6.20 Å². The summed E-state index contributed by atoms with van der Waals surface area (Å²) < 4.78 is 41.3. The molecule has 1 aromatic carbocycles. The molecule has 2 aromatic heterocycles. The van der Waals surface area contributed by atoms with E-state index < -0.39 is 11.7 Å². The second-order valence-corrected chi connectivity index (χ2v) is 9.08. The molecule has 9 heteroatoms. The molecule has 3 aromatic rings. The Bertz CT molecular complexity index is 1030. The first kappa shape index (κ1) is 22.4. The first-order valence-corrected chi connectivity index (χ1v) is 10.6. The van der Waals surface area contributed by atoms with Crippen molar-refractivity contribution in [3.05, 3.63) is 69.4 Å². The zero-order valence-electron chi connectivity index (χ0n) is 16.5. The first-order chi connectivity index (χ1) is 14.1. The van der Waals surface area contributed by atoms with Crippen LogP contribution in [0.5, 0.6) is 0 Å². The molecular formula is C21H21ClF3N3OS. The summed E-state index contributed by atoms with van der Waals surface area (Å²) in [5, 5.41) is 3.06. The van der Waals surface area contributed by atoms with Crippen molar-refractivity contribution in [2.75, 3.05) is 5.32 Å². The maximum absolute atomic E-state index is 13.1. The molecule has 0 aliphatic carbocycles. The van der Waals surface area contributed by atoms with Gasteiger partial charge in [0.25, 0.3) is 5.91 Å². The third-order valence-electron chi connectivity index (χ3n) is 4.50. The van der Waals surface area contributed by atoms with Gasteiger partial charge in [-0.25, -0.2) is 4.98 Å². The summed E-state index contributed by atoms with van der Waals surface area (Å²) in [7, 11) is 0. The van der Waals surface area contributed by atoms with E-state index in [0.29, 0.717) is 26.6 Å². The molecule has 3 rings (SSSR count). The molecule has 0 atom stereocenters. The number of halogens is 4. The molecule has 1 N–H and O–H groups in total. The monoisotopic (exact) mass is 455 g/mol. The Morgan fingerprint density at radius 2 is 2.03 bits per heavy atom. The van der Waals surface area contributed by atoms with Gasteiger partial charge in [0, 0.05) is 12.7 Å². The standard InChI is InChI=1S/C21H21ClF3N3OS/c1-13(2)6-7-15-9-17(19(29)27-20-26-10-18(22)30-20)28(12-15)11-14-4-3-5-16(8-14)21(23,24)25/h3-5,8-10,12-13H,6-7,11H2,1-2H3,(H,26,27,29). The van der Waals surface area contributed by atoms with Crippen molar-refractivity contribution in [2.24, 2.45) is 5.92 Å². The van der Waals surface area contributed by atoms with Crippen LogP contribution in [0.25, 0.3) is 0 Å². The van der Waals surface area contributed by atoms with Gasteiger partial charge in [-0.2, -0.15) is 13.2 Å². The lowest BCUT2D eigenvalue weighted by Gasteiger charge is -2.11. The third kappa shape index (κ3) is 5.86. The highest BCUT2D eigenvalue weighted by Crippen LogP contribution is 2.30. The minimum atomic E-state index is -4.42. The molecule has 0 fully saturated rings. The van der Waals surface area contributed by atoms with Gasteiger partial charge in [-0.15, -0.1) is 0 Å². The number of carbonyl (C=O) groups is 1. The maximum atomic E-state index is 13.1. The molecule has 0 saturated carbocycles. The number of carbonyl (C=O) groups excluding carboxylic acids is 1. The lowest BCUT2D eigenvalue weighted by atomic mass is 10.0. The van der Waals surface area contributed by atoms with Crippen molar-refractivity contribution < 1.29 is 18.0 Å². The predicted octanol–water partition coefficient (Wildman–Crippen LogP) is 6.51. The Hall–Kier alpha value is -2.32. The Balaban J connectivity index is 1.88. The summed E-state index contributed by atoms with van der Waals surface area (Å²) in [5.41, 5.74) is 1.06. The maximum Gasteiger partial charge on any atom is 0.416 e. The minimum absolute atomic E-state index is 0.146. The van der Waals surface area contributed by atoms with Crippen LogP contribution in [-0.2, 0) is 19.1 Å². The van der Waals surface area contributed by atoms with Gasteiger partial charge in [0.2, 0.25) is 0 Å². The Morgan fingerprint density at radius 3 is 2.67 bits per heavy atom. The van der Waals surface area contributed by atoms with Crippen LogP contribution in [0.2, 0.25) is 4.34 Å². The zero-order valence-corrected chi connectivity index (χ0v) is 18.0. The van der Waals surface area contributed by atoms with Crippen LogP contribution in [0.3, 0.4) is 0 Å². The van der Waals surface area contributed by atoms with E-state index in [1.165, 1.54) is 12.3 Å². The van der Waals surface area contributed by atoms with Crippen molar-refractivity contribution in [3.63, 3.8) is 0 Å². The number of thiazole rings is 1. The molecule has 2 heterocycles. The molecule has 0 unspecified atom stereocenters. The fourth-order valence-electron chi connectivity index (χ4n) is 3.00. The number of aromatic nitrogens is 2. The van der Waals surface area contributed by atoms with Crippen LogP contribution in [0.1, 0.15) is 47.4 Å². The summed E-state index contributed by atoms with van der Waals surface area (Å²) >= 11 is 7.00. The summed E-state index contributed by atoms with van der Waals surface area (Å²) in [6.07, 6.45) is 0.566. The molecule has 0 aliphatic rings. The second kappa shape index (κ2) is 9.22. The van der Waals surface area contributed by atoms with Gasteiger partial charge in [-0.3, -0.25) is 10.1 Å². The second-order valence-electron chi connectivity index (χ2n) is 7.42. The molecule has 0 saturated heterocycles. The molecule has 0 radical (unpaired) electrons. The quantitative estimate of drug-likeness (QED) is 0.441. The van der Waals surface area contributed by atoms with Crippen LogP contribution < -0.4 is 5.32 Å². The molecule has 0 bridgehead atoms. The Morgan fingerprint density at radius 1 is 1.27 bits per heavy atom. The van der Waals surface area contributed by atoms with Gasteiger partial charge in [-0.1, -0.05) is 48.9 Å². The average Bonchev–Trinajstić information content (AvgIpc) is 3.25. The molecular weight excluding hydrogens is 435 g/mol. The van der Waals surface area contributed by atoms with Crippen LogP contribution in [0.4, 0.5) is 18.3 Å². The highest BCUT2D eigenvalue weighted by molar-refractivity contribution is 7.19. The number of aryl methyl sites for hydroxylation is 1. The van der Waals surface area contributed by atoms with Crippen molar-refractivity contribution in [1.29, 1.82) is 0 Å². The van der Waals surface area contributed by atoms with Crippen molar-refractivity contribution in [3.8, 4) is 0 Å². The van der Waals surface area contributed by atoms with Crippen LogP contribution in [0, 0.1) is 5.92 Å². The SMILES string of the molecule is CC(C)CCc1cc(C(=O)Nc2ncc(Cl)s2)n(Cc2cccc(C(F)(F)F)c2)c1. The number of nitrogens with one attached hydrogen (secondary N) is 1. The van der Waals surface area contributed by atoms with Crippen LogP contribution in [-0.4, -0.2) is 15.5 Å². The fourth-order valence-corrected chi connectivity index (χ4v) is 3.81. The molecule has 1 amide bonds. The van der Waals surface area contributed by atoms with Crippen LogP contribution in [0.15, 0.2) is 42.7 Å². The molecule has 30 heavy (non-hydrogen) atoms. The smallest absolute Gasteiger partial charge is 0.339 e. The zero-order chi connectivity index (χ0) is 21.9. The molecule has 0 aliphatic heterocycles. The normalized spacial score (nSPS) is 11.8. The largest absolute Gasteiger partial charge is 0.416 e. The van der Waals surface area contributed by atoms with E-state index in [0.717, 1.165) is 41.9 Å². The number of benzene rings is 1. The summed E-state index contributed by atoms with van der Waals surface area (Å²) in [6, 6.07) is 6.91. The minimum Gasteiger partial charge on any atom is -0.339 e. The predicted molar refractivity (Wildman–Crippen MR) is 113 cm³/mol. The number of hydrogen-bond donors (Lipinski definition) is 1.